The summed E-state index contributed by atoms with van der Waals surface area (Å²) in [7, 11) is 0. The summed E-state index contributed by atoms with van der Waals surface area (Å²) in [6.07, 6.45) is 0. The van der Waals surface area contributed by atoms with Crippen LogP contribution in [-0.2, 0) is 26.6 Å². The summed E-state index contributed by atoms with van der Waals surface area (Å²) in [5.41, 5.74) is 0. The van der Waals surface area contributed by atoms with Crippen molar-refractivity contribution < 1.29 is 26.6 Å². The Hall–Kier alpha value is 0.790. The molecule has 0 spiro atoms. The third kappa shape index (κ3) is 6.85. The summed E-state index contributed by atoms with van der Waals surface area (Å²) < 4.78 is 14.6. The molecular weight excluding hydrogens is 355 g/mol. The van der Waals surface area contributed by atoms with Crippen LogP contribution >= 0.6 is 0 Å². The Labute approximate surface area is 101 Å². The maximum atomic E-state index is 6.14. The molecule has 0 aliphatic carbocycles. The number of rotatable bonds is 8. The third-order valence-electron chi connectivity index (χ3n) is 2.44. The molecule has 92 valence electrons. The van der Waals surface area contributed by atoms with Crippen LogP contribution in [0.4, 0.5) is 0 Å². The topological polar surface area (TPSA) is 18.5 Å². The molecule has 0 N–H and O–H groups in total. The van der Waals surface area contributed by atoms with Gasteiger partial charge >= 0.3 is 101 Å². The summed E-state index contributed by atoms with van der Waals surface area (Å²) in [6, 6.07) is 0. The van der Waals surface area contributed by atoms with Crippen LogP contribution in [0.25, 0.3) is 0 Å². The van der Waals surface area contributed by atoms with Crippen LogP contribution in [0.2, 0.25) is 8.35 Å². The van der Waals surface area contributed by atoms with Gasteiger partial charge in [-0.3, -0.25) is 0 Å². The summed E-state index contributed by atoms with van der Waals surface area (Å²) >= 11 is -2.78. The zero-order chi connectivity index (χ0) is 11.9. The molecule has 0 saturated carbocycles. The van der Waals surface area contributed by atoms with Crippen molar-refractivity contribution in [2.24, 2.45) is 11.8 Å². The van der Waals surface area contributed by atoms with Gasteiger partial charge in [0.1, 0.15) is 0 Å². The average molecular weight is 383 g/mol. The summed E-state index contributed by atoms with van der Waals surface area (Å²) in [5.74, 6) is 1.23. The Morgan fingerprint density at radius 3 is 1.33 bits per heavy atom. The van der Waals surface area contributed by atoms with Gasteiger partial charge in [-0.05, 0) is 0 Å². The van der Waals surface area contributed by atoms with Crippen LogP contribution in [-0.4, -0.2) is 13.2 Å². The molecule has 0 aromatic heterocycles. The van der Waals surface area contributed by atoms with Gasteiger partial charge in [0.05, 0.1) is 0 Å². The van der Waals surface area contributed by atoms with Gasteiger partial charge in [0.2, 0.25) is 0 Å². The fourth-order valence-corrected chi connectivity index (χ4v) is 10.9. The van der Waals surface area contributed by atoms with Crippen molar-refractivity contribution in [1.29, 1.82) is 0 Å². The molecule has 0 atom stereocenters. The van der Waals surface area contributed by atoms with Crippen molar-refractivity contribution in [3.8, 4) is 0 Å². The second-order valence-corrected chi connectivity index (χ2v) is 18.7. The molecule has 0 rings (SSSR count). The van der Waals surface area contributed by atoms with Crippen molar-refractivity contribution in [2.75, 3.05) is 13.2 Å². The Morgan fingerprint density at radius 1 is 0.800 bits per heavy atom. The first-order chi connectivity index (χ1) is 6.95. The first-order valence-corrected chi connectivity index (χ1v) is 14.2. The molecule has 0 aliphatic rings. The molecule has 0 saturated heterocycles. The Kier molecular flexibility index (Phi) is 8.39. The van der Waals surface area contributed by atoms with Crippen LogP contribution < -0.4 is 0 Å². The van der Waals surface area contributed by atoms with E-state index in [1.807, 2.05) is 0 Å². The van der Waals surface area contributed by atoms with Crippen molar-refractivity contribution >= 4 is 0 Å². The van der Waals surface area contributed by atoms with Gasteiger partial charge in [-0.25, -0.2) is 0 Å². The fraction of sp³-hybridized carbons (Fsp3) is 1.00. The molecule has 3 heteroatoms. The van der Waals surface area contributed by atoms with Crippen LogP contribution in [0.15, 0.2) is 0 Å². The summed E-state index contributed by atoms with van der Waals surface area (Å²) in [4.78, 5) is 0. The normalized spacial score (nSPS) is 12.8. The molecule has 15 heavy (non-hydrogen) atoms. The quantitative estimate of drug-likeness (QED) is 0.586. The first-order valence-electron chi connectivity index (χ1n) is 6.23. The molecule has 0 aromatic rings. The molecular formula is C12H28HfO2. The van der Waals surface area contributed by atoms with Gasteiger partial charge in [-0.15, -0.1) is 0 Å². The predicted molar refractivity (Wildman–Crippen MR) is 62.5 cm³/mol. The minimum absolute atomic E-state index is 0.616. The predicted octanol–water partition coefficient (Wildman–Crippen LogP) is 4.19. The van der Waals surface area contributed by atoms with Crippen molar-refractivity contribution in [2.45, 2.75) is 49.9 Å². The molecule has 0 radical (unpaired) electrons. The van der Waals surface area contributed by atoms with Crippen LogP contribution in [0.3, 0.4) is 0 Å². The zero-order valence-electron chi connectivity index (χ0n) is 11.3. The number of hydrogen-bond acceptors (Lipinski definition) is 2. The second kappa shape index (κ2) is 7.97. The second-order valence-electron chi connectivity index (χ2n) is 5.03. The van der Waals surface area contributed by atoms with Gasteiger partial charge in [0, 0.05) is 0 Å². The zero-order valence-corrected chi connectivity index (χ0v) is 14.9. The average Bonchev–Trinajstić information content (AvgIpc) is 2.19. The molecule has 0 unspecified atom stereocenters. The van der Waals surface area contributed by atoms with E-state index in [0.717, 1.165) is 21.6 Å². The third-order valence-corrected chi connectivity index (χ3v) is 15.2. The van der Waals surface area contributed by atoms with Gasteiger partial charge in [-0.2, -0.15) is 0 Å². The summed E-state index contributed by atoms with van der Waals surface area (Å²) in [6.45, 7) is 15.0. The van der Waals surface area contributed by atoms with Crippen LogP contribution in [0.1, 0.15) is 41.5 Å². The Morgan fingerprint density at radius 2 is 1.13 bits per heavy atom. The van der Waals surface area contributed by atoms with E-state index in [1.54, 1.807) is 0 Å². The monoisotopic (exact) mass is 384 g/mol. The first kappa shape index (κ1) is 15.8. The SMILES string of the molecule is C[CH2][Hf]([CH2]C)([O]CC(C)C)[O]CC(C)C. The number of hydrogen-bond donors (Lipinski definition) is 0. The standard InChI is InChI=1S/2C4H9O.2C2H5.Hf/c2*1-4(2)3-5;2*1-2;/h2*4H,3H2,1-2H3;2*1H2,2H3;/q2*-1;;;+2. The van der Waals surface area contributed by atoms with E-state index in [-0.39, 0.29) is 0 Å². The van der Waals surface area contributed by atoms with Crippen molar-refractivity contribution in [3.63, 3.8) is 0 Å². The van der Waals surface area contributed by atoms with Crippen LogP contribution in [0.5, 0.6) is 0 Å². The van der Waals surface area contributed by atoms with E-state index in [1.165, 1.54) is 0 Å². The molecule has 0 amide bonds. The van der Waals surface area contributed by atoms with E-state index >= 15 is 0 Å². The molecule has 0 heterocycles. The van der Waals surface area contributed by atoms with Crippen molar-refractivity contribution in [3.05, 3.63) is 0 Å². The molecule has 0 aromatic carbocycles. The van der Waals surface area contributed by atoms with Gasteiger partial charge in [0.25, 0.3) is 0 Å². The molecule has 0 aliphatic heterocycles. The van der Waals surface area contributed by atoms with E-state index < -0.39 is 20.8 Å². The van der Waals surface area contributed by atoms with Crippen LogP contribution in [0, 0.1) is 11.8 Å². The van der Waals surface area contributed by atoms with Gasteiger partial charge in [-0.1, -0.05) is 0 Å². The molecule has 0 bridgehead atoms. The van der Waals surface area contributed by atoms with Gasteiger partial charge < -0.3 is 0 Å². The minimum atomic E-state index is -2.78. The maximum absolute atomic E-state index is 6.14. The van der Waals surface area contributed by atoms with E-state index in [0.29, 0.717) is 11.8 Å². The summed E-state index contributed by atoms with van der Waals surface area (Å²) in [5, 5.41) is 0. The van der Waals surface area contributed by atoms with E-state index in [9.17, 15) is 0 Å². The Balaban J connectivity index is 4.17. The van der Waals surface area contributed by atoms with Gasteiger partial charge in [0.15, 0.2) is 0 Å². The molecule has 2 nitrogen and oxygen atoms in total. The fourth-order valence-electron chi connectivity index (χ4n) is 1.34. The molecule has 0 fully saturated rings. The Bertz CT molecular complexity index is 140. The van der Waals surface area contributed by atoms with Crippen molar-refractivity contribution in [1.82, 2.24) is 0 Å². The van der Waals surface area contributed by atoms with E-state index in [2.05, 4.69) is 41.5 Å². The van der Waals surface area contributed by atoms with E-state index in [4.69, 9.17) is 5.71 Å².